The summed E-state index contributed by atoms with van der Waals surface area (Å²) in [6.07, 6.45) is 1.05. The zero-order valence-electron chi connectivity index (χ0n) is 10.6. The van der Waals surface area contributed by atoms with Crippen LogP contribution < -0.4 is 0 Å². The molecule has 0 aromatic carbocycles. The van der Waals surface area contributed by atoms with Crippen molar-refractivity contribution in [3.05, 3.63) is 11.5 Å². The molecule has 94 valence electrons. The standard InChI is InChI=1S/C12H23NO3/c1-11(14-3)12(2)16-8-4-5-13-6-9-15-10-7-13/h4-10H2,1-3H3. The molecule has 1 aliphatic rings. The summed E-state index contributed by atoms with van der Waals surface area (Å²) in [6.45, 7) is 9.51. The summed E-state index contributed by atoms with van der Waals surface area (Å²) in [5.74, 6) is 1.73. The lowest BCUT2D eigenvalue weighted by atomic mass is 10.3. The highest BCUT2D eigenvalue weighted by atomic mass is 16.5. The molecule has 1 aliphatic heterocycles. The molecule has 0 saturated carbocycles. The van der Waals surface area contributed by atoms with E-state index in [1.165, 1.54) is 0 Å². The van der Waals surface area contributed by atoms with Gasteiger partial charge in [0.05, 0.1) is 26.9 Å². The van der Waals surface area contributed by atoms with Crippen LogP contribution in [0, 0.1) is 0 Å². The molecule has 0 radical (unpaired) electrons. The zero-order valence-corrected chi connectivity index (χ0v) is 10.6. The van der Waals surface area contributed by atoms with Gasteiger partial charge in [-0.25, -0.2) is 0 Å². The van der Waals surface area contributed by atoms with Crippen molar-refractivity contribution in [3.8, 4) is 0 Å². The Morgan fingerprint density at radius 3 is 2.50 bits per heavy atom. The molecule has 0 spiro atoms. The van der Waals surface area contributed by atoms with Gasteiger partial charge in [-0.2, -0.15) is 0 Å². The van der Waals surface area contributed by atoms with Crippen molar-refractivity contribution < 1.29 is 14.2 Å². The Kier molecular flexibility index (Phi) is 6.26. The third-order valence-electron chi connectivity index (χ3n) is 2.84. The van der Waals surface area contributed by atoms with E-state index < -0.39 is 0 Å². The number of ether oxygens (including phenoxy) is 3. The molecule has 0 aliphatic carbocycles. The van der Waals surface area contributed by atoms with E-state index in [1.807, 2.05) is 13.8 Å². The third kappa shape index (κ3) is 4.86. The highest BCUT2D eigenvalue weighted by Gasteiger charge is 2.09. The highest BCUT2D eigenvalue weighted by molar-refractivity contribution is 4.94. The lowest BCUT2D eigenvalue weighted by Gasteiger charge is -2.26. The van der Waals surface area contributed by atoms with E-state index >= 15 is 0 Å². The first-order chi connectivity index (χ1) is 7.74. The van der Waals surface area contributed by atoms with E-state index in [0.29, 0.717) is 0 Å². The Morgan fingerprint density at radius 1 is 1.19 bits per heavy atom. The second-order valence-corrected chi connectivity index (χ2v) is 3.97. The number of nitrogens with zero attached hydrogens (tertiary/aromatic N) is 1. The average Bonchev–Trinajstić information content (AvgIpc) is 2.34. The first kappa shape index (κ1) is 13.3. The summed E-state index contributed by atoms with van der Waals surface area (Å²) in [4.78, 5) is 2.41. The van der Waals surface area contributed by atoms with E-state index in [4.69, 9.17) is 14.2 Å². The van der Waals surface area contributed by atoms with Crippen molar-refractivity contribution in [3.63, 3.8) is 0 Å². The fourth-order valence-electron chi connectivity index (χ4n) is 1.58. The van der Waals surface area contributed by atoms with Gasteiger partial charge >= 0.3 is 0 Å². The number of hydrogen-bond acceptors (Lipinski definition) is 4. The van der Waals surface area contributed by atoms with Crippen molar-refractivity contribution in [2.75, 3.05) is 46.6 Å². The number of hydrogen-bond donors (Lipinski definition) is 0. The van der Waals surface area contributed by atoms with Crippen LogP contribution in [-0.2, 0) is 14.2 Å². The lowest BCUT2D eigenvalue weighted by Crippen LogP contribution is -2.37. The topological polar surface area (TPSA) is 30.9 Å². The molecule has 0 amide bonds. The summed E-state index contributed by atoms with van der Waals surface area (Å²) in [7, 11) is 1.66. The van der Waals surface area contributed by atoms with Gasteiger partial charge in [0.25, 0.3) is 0 Å². The summed E-state index contributed by atoms with van der Waals surface area (Å²) >= 11 is 0. The van der Waals surface area contributed by atoms with E-state index in [-0.39, 0.29) is 0 Å². The van der Waals surface area contributed by atoms with Crippen molar-refractivity contribution in [2.45, 2.75) is 20.3 Å². The molecule has 16 heavy (non-hydrogen) atoms. The van der Waals surface area contributed by atoms with Gasteiger partial charge in [0.1, 0.15) is 11.5 Å². The SMILES string of the molecule is COC(C)=C(C)OCCCN1CCOCC1. The van der Waals surface area contributed by atoms with Crippen LogP contribution in [-0.4, -0.2) is 51.5 Å². The molecule has 0 bridgehead atoms. The summed E-state index contributed by atoms with van der Waals surface area (Å²) in [5, 5.41) is 0. The minimum absolute atomic E-state index is 0.754. The van der Waals surface area contributed by atoms with Crippen LogP contribution in [0.5, 0.6) is 0 Å². The maximum atomic E-state index is 5.58. The molecule has 0 aromatic rings. The molecule has 4 heteroatoms. The number of allylic oxidation sites excluding steroid dienone is 2. The van der Waals surface area contributed by atoms with E-state index in [1.54, 1.807) is 7.11 Å². The van der Waals surface area contributed by atoms with Gasteiger partial charge in [-0.05, 0) is 20.3 Å². The average molecular weight is 229 g/mol. The molecule has 0 atom stereocenters. The van der Waals surface area contributed by atoms with Crippen LogP contribution in [0.25, 0.3) is 0 Å². The summed E-state index contributed by atoms with van der Waals surface area (Å²) in [5.41, 5.74) is 0. The minimum atomic E-state index is 0.754. The molecular weight excluding hydrogens is 206 g/mol. The Morgan fingerprint density at radius 2 is 1.88 bits per heavy atom. The molecule has 1 rings (SSSR count). The van der Waals surface area contributed by atoms with Gasteiger partial charge in [-0.15, -0.1) is 0 Å². The minimum Gasteiger partial charge on any atom is -0.498 e. The van der Waals surface area contributed by atoms with E-state index in [0.717, 1.165) is 57.4 Å². The second kappa shape index (κ2) is 7.52. The fourth-order valence-corrected chi connectivity index (χ4v) is 1.58. The van der Waals surface area contributed by atoms with Gasteiger partial charge in [0, 0.05) is 19.6 Å². The van der Waals surface area contributed by atoms with Crippen LogP contribution in [0.4, 0.5) is 0 Å². The van der Waals surface area contributed by atoms with Gasteiger partial charge in [0.2, 0.25) is 0 Å². The molecule has 1 heterocycles. The maximum Gasteiger partial charge on any atom is 0.130 e. The number of morpholine rings is 1. The molecule has 0 aromatic heterocycles. The molecule has 4 nitrogen and oxygen atoms in total. The maximum absolute atomic E-state index is 5.58. The van der Waals surface area contributed by atoms with Gasteiger partial charge in [-0.3, -0.25) is 4.90 Å². The zero-order chi connectivity index (χ0) is 11.8. The second-order valence-electron chi connectivity index (χ2n) is 3.97. The Balaban J connectivity index is 2.07. The lowest BCUT2D eigenvalue weighted by molar-refractivity contribution is 0.0341. The monoisotopic (exact) mass is 229 g/mol. The Hall–Kier alpha value is -0.740. The first-order valence-electron chi connectivity index (χ1n) is 5.88. The Bertz CT molecular complexity index is 222. The summed E-state index contributed by atoms with van der Waals surface area (Å²) in [6, 6.07) is 0. The summed E-state index contributed by atoms with van der Waals surface area (Å²) < 4.78 is 16.0. The smallest absolute Gasteiger partial charge is 0.130 e. The predicted octanol–water partition coefficient (Wildman–Crippen LogP) is 1.62. The molecule has 0 N–H and O–H groups in total. The van der Waals surface area contributed by atoms with Gasteiger partial charge in [0.15, 0.2) is 0 Å². The van der Waals surface area contributed by atoms with Crippen LogP contribution in [0.3, 0.4) is 0 Å². The van der Waals surface area contributed by atoms with Crippen molar-refractivity contribution in [1.29, 1.82) is 0 Å². The molecule has 0 unspecified atom stereocenters. The van der Waals surface area contributed by atoms with Gasteiger partial charge in [-0.1, -0.05) is 0 Å². The van der Waals surface area contributed by atoms with Gasteiger partial charge < -0.3 is 14.2 Å². The number of methoxy groups -OCH3 is 1. The molecular formula is C12H23NO3. The predicted molar refractivity (Wildman–Crippen MR) is 63.2 cm³/mol. The fraction of sp³-hybridized carbons (Fsp3) is 0.833. The van der Waals surface area contributed by atoms with Crippen LogP contribution in [0.15, 0.2) is 11.5 Å². The first-order valence-corrected chi connectivity index (χ1v) is 5.88. The highest BCUT2D eigenvalue weighted by Crippen LogP contribution is 2.06. The van der Waals surface area contributed by atoms with E-state index in [2.05, 4.69) is 4.90 Å². The van der Waals surface area contributed by atoms with Crippen molar-refractivity contribution in [1.82, 2.24) is 4.90 Å². The van der Waals surface area contributed by atoms with Crippen LogP contribution >= 0.6 is 0 Å². The Labute approximate surface area is 98.2 Å². The van der Waals surface area contributed by atoms with Crippen molar-refractivity contribution in [2.24, 2.45) is 0 Å². The quantitative estimate of drug-likeness (QED) is 0.511. The largest absolute Gasteiger partial charge is 0.498 e. The number of rotatable bonds is 6. The normalized spacial score (nSPS) is 19.2. The third-order valence-corrected chi connectivity index (χ3v) is 2.84. The van der Waals surface area contributed by atoms with Crippen LogP contribution in [0.2, 0.25) is 0 Å². The van der Waals surface area contributed by atoms with Crippen molar-refractivity contribution >= 4 is 0 Å². The molecule has 1 saturated heterocycles. The molecule has 1 fully saturated rings. The van der Waals surface area contributed by atoms with E-state index in [9.17, 15) is 0 Å². The van der Waals surface area contributed by atoms with Crippen LogP contribution in [0.1, 0.15) is 20.3 Å².